The van der Waals surface area contributed by atoms with Gasteiger partial charge in [0.2, 0.25) is 0 Å². The van der Waals surface area contributed by atoms with E-state index in [0.29, 0.717) is 0 Å². The molecule has 0 radical (unpaired) electrons. The maximum atomic E-state index is 4.60. The molecular formula is C13H14BrNS. The van der Waals surface area contributed by atoms with E-state index in [1.807, 2.05) is 6.92 Å². The Labute approximate surface area is 109 Å². The van der Waals surface area contributed by atoms with Crippen molar-refractivity contribution in [2.45, 2.75) is 27.7 Å². The molecule has 0 unspecified atom stereocenters. The van der Waals surface area contributed by atoms with Crippen LogP contribution in [0.1, 0.15) is 21.7 Å². The van der Waals surface area contributed by atoms with Crippen LogP contribution < -0.4 is 0 Å². The maximum absolute atomic E-state index is 4.60. The SMILES string of the molecule is Cc1cc(C)c(-c2nc(C)sc2Br)c(C)c1. The Bertz CT molecular complexity index is 520. The molecule has 1 nitrogen and oxygen atoms in total. The van der Waals surface area contributed by atoms with Gasteiger partial charge in [-0.3, -0.25) is 0 Å². The second-order valence-electron chi connectivity index (χ2n) is 4.13. The van der Waals surface area contributed by atoms with Crippen LogP contribution in [0.25, 0.3) is 11.3 Å². The number of nitrogens with zero attached hydrogens (tertiary/aromatic N) is 1. The molecule has 0 spiro atoms. The third-order valence-corrected chi connectivity index (χ3v) is 4.23. The lowest BCUT2D eigenvalue weighted by atomic mass is 9.98. The summed E-state index contributed by atoms with van der Waals surface area (Å²) in [6.45, 7) is 8.47. The lowest BCUT2D eigenvalue weighted by Crippen LogP contribution is -1.91. The van der Waals surface area contributed by atoms with Crippen molar-refractivity contribution in [3.05, 3.63) is 37.6 Å². The van der Waals surface area contributed by atoms with E-state index in [-0.39, 0.29) is 0 Å². The average Bonchev–Trinajstić information content (AvgIpc) is 2.43. The molecule has 84 valence electrons. The Morgan fingerprint density at radius 3 is 2.06 bits per heavy atom. The van der Waals surface area contributed by atoms with Crippen LogP contribution in [-0.2, 0) is 0 Å². The van der Waals surface area contributed by atoms with Crippen LogP contribution in [0.4, 0.5) is 0 Å². The van der Waals surface area contributed by atoms with Crippen LogP contribution in [0.2, 0.25) is 0 Å². The van der Waals surface area contributed by atoms with E-state index in [9.17, 15) is 0 Å². The molecule has 1 heterocycles. The second-order valence-corrected chi connectivity index (χ2v) is 6.65. The fourth-order valence-corrected chi connectivity index (χ4v) is 3.74. The zero-order valence-corrected chi connectivity index (χ0v) is 12.3. The summed E-state index contributed by atoms with van der Waals surface area (Å²) in [5, 5.41) is 1.10. The molecule has 0 fully saturated rings. The number of aromatic nitrogens is 1. The molecule has 2 aromatic rings. The van der Waals surface area contributed by atoms with Crippen molar-refractivity contribution >= 4 is 27.3 Å². The molecular weight excluding hydrogens is 282 g/mol. The molecule has 16 heavy (non-hydrogen) atoms. The predicted octanol–water partition coefficient (Wildman–Crippen LogP) is 4.81. The zero-order valence-electron chi connectivity index (χ0n) is 9.89. The van der Waals surface area contributed by atoms with Crippen LogP contribution in [0.3, 0.4) is 0 Å². The van der Waals surface area contributed by atoms with Crippen LogP contribution in [0.5, 0.6) is 0 Å². The highest BCUT2D eigenvalue weighted by molar-refractivity contribution is 9.11. The molecule has 1 aromatic heterocycles. The molecule has 0 aliphatic heterocycles. The third kappa shape index (κ3) is 2.06. The number of thiazole rings is 1. The van der Waals surface area contributed by atoms with Gasteiger partial charge in [0.05, 0.1) is 14.5 Å². The van der Waals surface area contributed by atoms with E-state index in [4.69, 9.17) is 0 Å². The minimum Gasteiger partial charge on any atom is -0.240 e. The third-order valence-electron chi connectivity index (χ3n) is 2.61. The van der Waals surface area contributed by atoms with Gasteiger partial charge in [0.25, 0.3) is 0 Å². The van der Waals surface area contributed by atoms with Gasteiger partial charge in [-0.05, 0) is 54.8 Å². The molecule has 0 bridgehead atoms. The number of hydrogen-bond donors (Lipinski definition) is 0. The first-order chi connectivity index (χ1) is 7.49. The summed E-state index contributed by atoms with van der Waals surface area (Å²) in [5.41, 5.74) is 6.24. The molecule has 0 aliphatic carbocycles. The Kier molecular flexibility index (Phi) is 3.17. The highest BCUT2D eigenvalue weighted by Crippen LogP contribution is 2.36. The van der Waals surface area contributed by atoms with Crippen molar-refractivity contribution in [2.24, 2.45) is 0 Å². The minimum atomic E-state index is 1.08. The number of halogens is 1. The van der Waals surface area contributed by atoms with E-state index >= 15 is 0 Å². The molecule has 1 aromatic carbocycles. The standard InChI is InChI=1S/C13H14BrNS/c1-7-5-8(2)11(9(3)6-7)12-13(14)16-10(4)15-12/h5-6H,1-4H3. The van der Waals surface area contributed by atoms with Crippen molar-refractivity contribution in [1.82, 2.24) is 4.98 Å². The summed E-state index contributed by atoms with van der Waals surface area (Å²) in [6, 6.07) is 4.42. The fourth-order valence-electron chi connectivity index (χ4n) is 2.11. The molecule has 0 saturated carbocycles. The summed E-state index contributed by atoms with van der Waals surface area (Å²) in [7, 11) is 0. The quantitative estimate of drug-likeness (QED) is 0.736. The van der Waals surface area contributed by atoms with Gasteiger partial charge in [0.1, 0.15) is 0 Å². The van der Waals surface area contributed by atoms with Gasteiger partial charge in [-0.15, -0.1) is 11.3 Å². The summed E-state index contributed by atoms with van der Waals surface area (Å²) in [6.07, 6.45) is 0. The highest BCUT2D eigenvalue weighted by atomic mass is 79.9. The van der Waals surface area contributed by atoms with Gasteiger partial charge in [0, 0.05) is 5.56 Å². The van der Waals surface area contributed by atoms with Crippen LogP contribution >= 0.6 is 27.3 Å². The van der Waals surface area contributed by atoms with Crippen LogP contribution in [0.15, 0.2) is 15.9 Å². The summed E-state index contributed by atoms with van der Waals surface area (Å²) < 4.78 is 1.13. The van der Waals surface area contributed by atoms with Gasteiger partial charge in [-0.25, -0.2) is 4.98 Å². The molecule has 0 amide bonds. The van der Waals surface area contributed by atoms with Gasteiger partial charge >= 0.3 is 0 Å². The lowest BCUT2D eigenvalue weighted by Gasteiger charge is -2.09. The highest BCUT2D eigenvalue weighted by Gasteiger charge is 2.13. The summed E-state index contributed by atoms with van der Waals surface area (Å²) >= 11 is 5.29. The monoisotopic (exact) mass is 295 g/mol. The Hall–Kier alpha value is -0.670. The number of benzene rings is 1. The molecule has 0 saturated heterocycles. The fraction of sp³-hybridized carbons (Fsp3) is 0.308. The molecule has 0 aliphatic rings. The van der Waals surface area contributed by atoms with Crippen molar-refractivity contribution < 1.29 is 0 Å². The molecule has 0 N–H and O–H groups in total. The van der Waals surface area contributed by atoms with Crippen molar-refractivity contribution in [3.8, 4) is 11.3 Å². The number of hydrogen-bond acceptors (Lipinski definition) is 2. The van der Waals surface area contributed by atoms with Crippen LogP contribution in [-0.4, -0.2) is 4.98 Å². The van der Waals surface area contributed by atoms with E-state index in [0.717, 1.165) is 14.5 Å². The van der Waals surface area contributed by atoms with Gasteiger partial charge in [-0.2, -0.15) is 0 Å². The largest absolute Gasteiger partial charge is 0.240 e. The number of rotatable bonds is 1. The van der Waals surface area contributed by atoms with Gasteiger partial charge in [-0.1, -0.05) is 17.7 Å². The normalized spacial score (nSPS) is 10.8. The Morgan fingerprint density at radius 1 is 1.06 bits per heavy atom. The van der Waals surface area contributed by atoms with Gasteiger partial charge < -0.3 is 0 Å². The summed E-state index contributed by atoms with van der Waals surface area (Å²) in [5.74, 6) is 0. The first-order valence-corrected chi connectivity index (χ1v) is 6.81. The Morgan fingerprint density at radius 2 is 1.62 bits per heavy atom. The number of aryl methyl sites for hydroxylation is 4. The van der Waals surface area contributed by atoms with Crippen LogP contribution in [0, 0.1) is 27.7 Å². The maximum Gasteiger partial charge on any atom is 0.0979 e. The van der Waals surface area contributed by atoms with Crippen molar-refractivity contribution in [3.63, 3.8) is 0 Å². The van der Waals surface area contributed by atoms with Gasteiger partial charge in [0.15, 0.2) is 0 Å². The lowest BCUT2D eigenvalue weighted by molar-refractivity contribution is 1.25. The predicted molar refractivity (Wildman–Crippen MR) is 74.2 cm³/mol. The topological polar surface area (TPSA) is 12.9 Å². The average molecular weight is 296 g/mol. The molecule has 3 heteroatoms. The summed E-state index contributed by atoms with van der Waals surface area (Å²) in [4.78, 5) is 4.60. The Balaban J connectivity index is 2.69. The van der Waals surface area contributed by atoms with E-state index in [1.165, 1.54) is 22.3 Å². The zero-order chi connectivity index (χ0) is 11.9. The minimum absolute atomic E-state index is 1.08. The smallest absolute Gasteiger partial charge is 0.0979 e. The van der Waals surface area contributed by atoms with Crippen molar-refractivity contribution in [1.29, 1.82) is 0 Å². The second kappa shape index (κ2) is 4.30. The first-order valence-electron chi connectivity index (χ1n) is 5.20. The molecule has 0 atom stereocenters. The van der Waals surface area contributed by atoms with Crippen molar-refractivity contribution in [2.75, 3.05) is 0 Å². The molecule has 2 rings (SSSR count). The first kappa shape index (κ1) is 11.8. The van der Waals surface area contributed by atoms with E-state index in [2.05, 4.69) is 53.8 Å². The van der Waals surface area contributed by atoms with E-state index in [1.54, 1.807) is 11.3 Å². The van der Waals surface area contributed by atoms with E-state index < -0.39 is 0 Å².